The number of halogens is 1. The number of amides is 1. The molecule has 5 heteroatoms. The molecule has 1 aromatic carbocycles. The fourth-order valence-corrected chi connectivity index (χ4v) is 3.28. The molecule has 1 N–H and O–H groups in total. The SMILES string of the molecule is CC1CN(C(=O)C(C)(C)c2cccc(Cl)c2)CCC1C(=O)O. The minimum absolute atomic E-state index is 0.0189. The molecule has 2 rings (SSSR count). The van der Waals surface area contributed by atoms with E-state index < -0.39 is 11.4 Å². The van der Waals surface area contributed by atoms with Crippen molar-refractivity contribution in [2.24, 2.45) is 11.8 Å². The van der Waals surface area contributed by atoms with Crippen molar-refractivity contribution in [3.8, 4) is 0 Å². The van der Waals surface area contributed by atoms with Crippen LogP contribution in [0.3, 0.4) is 0 Å². The summed E-state index contributed by atoms with van der Waals surface area (Å²) < 4.78 is 0. The molecule has 1 aromatic rings. The Morgan fingerprint density at radius 2 is 2.05 bits per heavy atom. The second kappa shape index (κ2) is 6.29. The van der Waals surface area contributed by atoms with Gasteiger partial charge in [0.15, 0.2) is 0 Å². The lowest BCUT2D eigenvalue weighted by Crippen LogP contribution is -2.50. The number of likely N-dealkylation sites (tertiary alicyclic amines) is 1. The number of piperidine rings is 1. The summed E-state index contributed by atoms with van der Waals surface area (Å²) in [7, 11) is 0. The summed E-state index contributed by atoms with van der Waals surface area (Å²) in [5.41, 5.74) is 0.193. The average Bonchev–Trinajstić information content (AvgIpc) is 2.45. The summed E-state index contributed by atoms with van der Waals surface area (Å²) in [5, 5.41) is 9.79. The van der Waals surface area contributed by atoms with Gasteiger partial charge in [0.1, 0.15) is 0 Å². The average molecular weight is 324 g/mol. The second-order valence-corrected chi connectivity index (χ2v) is 7.03. The monoisotopic (exact) mass is 323 g/mol. The number of carboxylic acids is 1. The molecule has 0 saturated carbocycles. The van der Waals surface area contributed by atoms with Gasteiger partial charge >= 0.3 is 5.97 Å². The van der Waals surface area contributed by atoms with Crippen LogP contribution in [0, 0.1) is 11.8 Å². The van der Waals surface area contributed by atoms with Crippen LogP contribution in [-0.2, 0) is 15.0 Å². The van der Waals surface area contributed by atoms with E-state index in [1.165, 1.54) is 0 Å². The van der Waals surface area contributed by atoms with E-state index in [-0.39, 0.29) is 17.7 Å². The number of rotatable bonds is 3. The Morgan fingerprint density at radius 1 is 1.36 bits per heavy atom. The van der Waals surface area contributed by atoms with Crippen LogP contribution in [0.25, 0.3) is 0 Å². The van der Waals surface area contributed by atoms with Crippen molar-refractivity contribution in [3.63, 3.8) is 0 Å². The minimum atomic E-state index is -0.770. The van der Waals surface area contributed by atoms with Crippen LogP contribution in [0.1, 0.15) is 32.8 Å². The Balaban J connectivity index is 2.16. The van der Waals surface area contributed by atoms with Gasteiger partial charge in [-0.3, -0.25) is 9.59 Å². The zero-order valence-corrected chi connectivity index (χ0v) is 13.9. The molecule has 1 heterocycles. The third kappa shape index (κ3) is 3.27. The van der Waals surface area contributed by atoms with Crippen molar-refractivity contribution in [1.29, 1.82) is 0 Å². The van der Waals surface area contributed by atoms with Gasteiger partial charge in [0, 0.05) is 18.1 Å². The Bertz CT molecular complexity index is 585. The number of hydrogen-bond donors (Lipinski definition) is 1. The van der Waals surface area contributed by atoms with E-state index >= 15 is 0 Å². The molecule has 1 aliphatic rings. The Morgan fingerprint density at radius 3 is 2.59 bits per heavy atom. The fourth-order valence-electron chi connectivity index (χ4n) is 3.09. The van der Waals surface area contributed by atoms with E-state index in [0.29, 0.717) is 24.5 Å². The van der Waals surface area contributed by atoms with Crippen LogP contribution in [0.5, 0.6) is 0 Å². The molecule has 1 fully saturated rings. The minimum Gasteiger partial charge on any atom is -0.481 e. The number of carbonyl (C=O) groups is 2. The van der Waals surface area contributed by atoms with Gasteiger partial charge in [-0.2, -0.15) is 0 Å². The van der Waals surface area contributed by atoms with Crippen LogP contribution >= 0.6 is 11.6 Å². The maximum atomic E-state index is 12.9. The predicted molar refractivity (Wildman–Crippen MR) is 86.0 cm³/mol. The van der Waals surface area contributed by atoms with Crippen LogP contribution < -0.4 is 0 Å². The first-order chi connectivity index (χ1) is 10.2. The largest absolute Gasteiger partial charge is 0.481 e. The van der Waals surface area contributed by atoms with Crippen LogP contribution in [0.15, 0.2) is 24.3 Å². The van der Waals surface area contributed by atoms with Crippen LogP contribution in [0.4, 0.5) is 0 Å². The summed E-state index contributed by atoms with van der Waals surface area (Å²) in [6.07, 6.45) is 0.508. The highest BCUT2D eigenvalue weighted by atomic mass is 35.5. The van der Waals surface area contributed by atoms with Gasteiger partial charge in [0.25, 0.3) is 0 Å². The van der Waals surface area contributed by atoms with E-state index in [1.54, 1.807) is 11.0 Å². The van der Waals surface area contributed by atoms with Gasteiger partial charge < -0.3 is 10.0 Å². The summed E-state index contributed by atoms with van der Waals surface area (Å²) in [5.74, 6) is -1.15. The van der Waals surface area contributed by atoms with Crippen molar-refractivity contribution in [3.05, 3.63) is 34.9 Å². The molecule has 0 spiro atoms. The van der Waals surface area contributed by atoms with Crippen molar-refractivity contribution < 1.29 is 14.7 Å². The highest BCUT2D eigenvalue weighted by Crippen LogP contribution is 2.31. The normalized spacial score (nSPS) is 22.5. The first kappa shape index (κ1) is 16.8. The van der Waals surface area contributed by atoms with E-state index in [1.807, 2.05) is 39.0 Å². The molecular formula is C17H22ClNO3. The molecule has 1 saturated heterocycles. The molecule has 1 aliphatic heterocycles. The molecule has 2 unspecified atom stereocenters. The Hall–Kier alpha value is -1.55. The molecular weight excluding hydrogens is 302 g/mol. The molecule has 0 aromatic heterocycles. The van der Waals surface area contributed by atoms with Gasteiger partial charge in [-0.1, -0.05) is 30.7 Å². The lowest BCUT2D eigenvalue weighted by Gasteiger charge is -2.39. The van der Waals surface area contributed by atoms with Crippen molar-refractivity contribution in [2.45, 2.75) is 32.6 Å². The van der Waals surface area contributed by atoms with Gasteiger partial charge in [-0.05, 0) is 43.9 Å². The third-order valence-electron chi connectivity index (χ3n) is 4.59. The highest BCUT2D eigenvalue weighted by molar-refractivity contribution is 6.30. The first-order valence-electron chi connectivity index (χ1n) is 7.51. The second-order valence-electron chi connectivity index (χ2n) is 6.60. The number of hydrogen-bond acceptors (Lipinski definition) is 2. The molecule has 1 amide bonds. The van der Waals surface area contributed by atoms with Crippen molar-refractivity contribution in [1.82, 2.24) is 4.90 Å². The van der Waals surface area contributed by atoms with Gasteiger partial charge in [0.2, 0.25) is 5.91 Å². The fraction of sp³-hybridized carbons (Fsp3) is 0.529. The predicted octanol–water partition coefficient (Wildman–Crippen LogP) is 3.19. The Kier molecular flexibility index (Phi) is 4.81. The molecule has 4 nitrogen and oxygen atoms in total. The van der Waals surface area contributed by atoms with Gasteiger partial charge in [-0.25, -0.2) is 0 Å². The van der Waals surface area contributed by atoms with E-state index in [0.717, 1.165) is 5.56 Å². The third-order valence-corrected chi connectivity index (χ3v) is 4.83. The first-order valence-corrected chi connectivity index (χ1v) is 7.89. The standard InChI is InChI=1S/C17H22ClNO3/c1-11-10-19(8-7-14(11)15(20)21)16(22)17(2,3)12-5-4-6-13(18)9-12/h4-6,9,11,14H,7-8,10H2,1-3H3,(H,20,21). The zero-order chi connectivity index (χ0) is 16.5. The van der Waals surface area contributed by atoms with E-state index in [9.17, 15) is 14.7 Å². The summed E-state index contributed by atoms with van der Waals surface area (Å²) in [6.45, 7) is 6.64. The molecule has 0 aliphatic carbocycles. The maximum absolute atomic E-state index is 12.9. The number of aliphatic carboxylic acids is 1. The molecule has 0 radical (unpaired) electrons. The highest BCUT2D eigenvalue weighted by Gasteiger charge is 2.39. The lowest BCUT2D eigenvalue weighted by molar-refractivity contribution is -0.149. The molecule has 0 bridgehead atoms. The van der Waals surface area contributed by atoms with Gasteiger partial charge in [-0.15, -0.1) is 0 Å². The zero-order valence-electron chi connectivity index (χ0n) is 13.2. The Labute approximate surface area is 136 Å². The lowest BCUT2D eigenvalue weighted by atomic mass is 9.81. The van der Waals surface area contributed by atoms with Crippen molar-refractivity contribution in [2.75, 3.05) is 13.1 Å². The van der Waals surface area contributed by atoms with Crippen LogP contribution in [0.2, 0.25) is 5.02 Å². The molecule has 22 heavy (non-hydrogen) atoms. The maximum Gasteiger partial charge on any atom is 0.306 e. The van der Waals surface area contributed by atoms with E-state index in [4.69, 9.17) is 11.6 Å². The summed E-state index contributed by atoms with van der Waals surface area (Å²) in [4.78, 5) is 25.9. The number of carbonyl (C=O) groups excluding carboxylic acids is 1. The number of nitrogens with zero attached hydrogens (tertiary/aromatic N) is 1. The van der Waals surface area contributed by atoms with E-state index in [2.05, 4.69) is 0 Å². The smallest absolute Gasteiger partial charge is 0.306 e. The number of carboxylic acid groups (broad SMARTS) is 1. The quantitative estimate of drug-likeness (QED) is 0.929. The number of benzene rings is 1. The molecule has 120 valence electrons. The topological polar surface area (TPSA) is 57.6 Å². The molecule has 2 atom stereocenters. The van der Waals surface area contributed by atoms with Crippen LogP contribution in [-0.4, -0.2) is 35.0 Å². The summed E-state index contributed by atoms with van der Waals surface area (Å²) >= 11 is 6.03. The summed E-state index contributed by atoms with van der Waals surface area (Å²) in [6, 6.07) is 7.34. The van der Waals surface area contributed by atoms with Crippen molar-refractivity contribution >= 4 is 23.5 Å². The van der Waals surface area contributed by atoms with Gasteiger partial charge in [0.05, 0.1) is 11.3 Å².